The minimum atomic E-state index is -0.346. The molecule has 1 aliphatic rings. The maximum atomic E-state index is 11.9. The first kappa shape index (κ1) is 17.9. The third-order valence-electron chi connectivity index (χ3n) is 5.10. The SMILES string of the molecule is O=C(NCc1ccc(-c2ccc3c(nnn3CC3CC3)c2Cl)cc1)c1ncco1. The van der Waals surface area contributed by atoms with Crippen LogP contribution in [-0.4, -0.2) is 25.9 Å². The molecule has 0 bridgehead atoms. The maximum Gasteiger partial charge on any atom is 0.307 e. The van der Waals surface area contributed by atoms with E-state index in [1.807, 2.05) is 41.1 Å². The fourth-order valence-electron chi connectivity index (χ4n) is 3.30. The molecule has 29 heavy (non-hydrogen) atoms. The van der Waals surface area contributed by atoms with Gasteiger partial charge in [0.15, 0.2) is 0 Å². The lowest BCUT2D eigenvalue weighted by Crippen LogP contribution is -2.22. The number of rotatable bonds is 6. The molecule has 8 heteroatoms. The average Bonchev–Trinajstić information content (AvgIpc) is 3.22. The topological polar surface area (TPSA) is 85.8 Å². The molecule has 2 aromatic heterocycles. The van der Waals surface area contributed by atoms with Gasteiger partial charge in [-0.1, -0.05) is 47.1 Å². The summed E-state index contributed by atoms with van der Waals surface area (Å²) in [5.41, 5.74) is 4.55. The Balaban J connectivity index is 1.33. The van der Waals surface area contributed by atoms with Crippen LogP contribution >= 0.6 is 11.6 Å². The highest BCUT2D eigenvalue weighted by atomic mass is 35.5. The predicted molar refractivity (Wildman–Crippen MR) is 108 cm³/mol. The second-order valence-electron chi connectivity index (χ2n) is 7.23. The second-order valence-corrected chi connectivity index (χ2v) is 7.60. The van der Waals surface area contributed by atoms with Crippen LogP contribution in [0.1, 0.15) is 29.1 Å². The summed E-state index contributed by atoms with van der Waals surface area (Å²) in [5, 5.41) is 12.0. The number of carbonyl (C=O) groups excluding carboxylic acids is 1. The molecule has 0 radical (unpaired) electrons. The predicted octanol–water partition coefficient (Wildman–Crippen LogP) is 4.08. The van der Waals surface area contributed by atoms with Crippen molar-refractivity contribution in [3.05, 3.63) is 65.3 Å². The zero-order valence-corrected chi connectivity index (χ0v) is 16.3. The summed E-state index contributed by atoms with van der Waals surface area (Å²) in [7, 11) is 0. The number of amides is 1. The lowest BCUT2D eigenvalue weighted by atomic mass is 10.0. The number of nitrogens with one attached hydrogen (secondary N) is 1. The van der Waals surface area contributed by atoms with Crippen molar-refractivity contribution in [2.24, 2.45) is 5.92 Å². The van der Waals surface area contributed by atoms with Crippen LogP contribution in [0, 0.1) is 5.92 Å². The van der Waals surface area contributed by atoms with Crippen molar-refractivity contribution in [2.75, 3.05) is 0 Å². The number of carbonyl (C=O) groups is 1. The second kappa shape index (κ2) is 7.33. The van der Waals surface area contributed by atoms with E-state index in [4.69, 9.17) is 16.0 Å². The van der Waals surface area contributed by atoms with Gasteiger partial charge >= 0.3 is 5.91 Å². The first-order chi connectivity index (χ1) is 14.2. The van der Waals surface area contributed by atoms with Crippen LogP contribution in [0.3, 0.4) is 0 Å². The first-order valence-electron chi connectivity index (χ1n) is 9.48. The number of halogens is 1. The minimum absolute atomic E-state index is 0.0523. The van der Waals surface area contributed by atoms with Crippen molar-refractivity contribution >= 4 is 28.5 Å². The van der Waals surface area contributed by atoms with E-state index >= 15 is 0 Å². The molecule has 0 saturated heterocycles. The summed E-state index contributed by atoms with van der Waals surface area (Å²) in [6, 6.07) is 11.9. The molecule has 2 aromatic carbocycles. The summed E-state index contributed by atoms with van der Waals surface area (Å²) >= 11 is 6.65. The van der Waals surface area contributed by atoms with Gasteiger partial charge in [0.1, 0.15) is 11.8 Å². The van der Waals surface area contributed by atoms with Gasteiger partial charge in [-0.3, -0.25) is 4.79 Å². The van der Waals surface area contributed by atoms with Crippen LogP contribution in [0.25, 0.3) is 22.2 Å². The van der Waals surface area contributed by atoms with E-state index in [1.54, 1.807) is 0 Å². The van der Waals surface area contributed by atoms with Gasteiger partial charge in [0, 0.05) is 18.7 Å². The Hall–Kier alpha value is -3.19. The van der Waals surface area contributed by atoms with Gasteiger partial charge in [0.2, 0.25) is 0 Å². The van der Waals surface area contributed by atoms with Gasteiger partial charge in [-0.2, -0.15) is 0 Å². The average molecular weight is 408 g/mol. The molecule has 146 valence electrons. The van der Waals surface area contributed by atoms with Gasteiger partial charge in [0.05, 0.1) is 16.7 Å². The molecule has 5 rings (SSSR count). The van der Waals surface area contributed by atoms with Gasteiger partial charge in [-0.05, 0) is 36.0 Å². The Morgan fingerprint density at radius 3 is 2.76 bits per heavy atom. The number of hydrogen-bond acceptors (Lipinski definition) is 5. The van der Waals surface area contributed by atoms with Crippen molar-refractivity contribution in [2.45, 2.75) is 25.9 Å². The van der Waals surface area contributed by atoms with E-state index in [0.29, 0.717) is 11.6 Å². The lowest BCUT2D eigenvalue weighted by molar-refractivity contribution is 0.0916. The Morgan fingerprint density at radius 2 is 2.03 bits per heavy atom. The van der Waals surface area contributed by atoms with E-state index in [0.717, 1.165) is 40.2 Å². The number of benzene rings is 2. The molecule has 1 amide bonds. The number of fused-ring (bicyclic) bond motifs is 1. The quantitative estimate of drug-likeness (QED) is 0.520. The van der Waals surface area contributed by atoms with Gasteiger partial charge in [0.25, 0.3) is 5.89 Å². The molecule has 7 nitrogen and oxygen atoms in total. The molecule has 0 unspecified atom stereocenters. The molecule has 1 aliphatic carbocycles. The van der Waals surface area contributed by atoms with Crippen LogP contribution in [0.5, 0.6) is 0 Å². The molecule has 2 heterocycles. The van der Waals surface area contributed by atoms with E-state index in [-0.39, 0.29) is 11.8 Å². The fourth-order valence-corrected chi connectivity index (χ4v) is 3.61. The first-order valence-corrected chi connectivity index (χ1v) is 9.85. The van der Waals surface area contributed by atoms with Crippen LogP contribution in [0.15, 0.2) is 53.3 Å². The summed E-state index contributed by atoms with van der Waals surface area (Å²) in [4.78, 5) is 15.7. The van der Waals surface area contributed by atoms with Crippen LogP contribution in [-0.2, 0) is 13.1 Å². The minimum Gasteiger partial charge on any atom is -0.441 e. The monoisotopic (exact) mass is 407 g/mol. The standard InChI is InChI=1S/C21H18ClN5O2/c22-18-16(7-8-17-19(18)25-26-27(17)12-14-1-2-14)15-5-3-13(4-6-15)11-24-20(28)21-23-9-10-29-21/h3-10,14H,1-2,11-12H2,(H,24,28). The Labute approximate surface area is 171 Å². The Bertz CT molecular complexity index is 1160. The van der Waals surface area contributed by atoms with Crippen molar-refractivity contribution in [3.8, 4) is 11.1 Å². The van der Waals surface area contributed by atoms with Crippen LogP contribution in [0.2, 0.25) is 5.02 Å². The van der Waals surface area contributed by atoms with Crippen molar-refractivity contribution < 1.29 is 9.21 Å². The van der Waals surface area contributed by atoms with Crippen molar-refractivity contribution in [1.29, 1.82) is 0 Å². The normalized spacial score (nSPS) is 13.7. The number of aromatic nitrogens is 4. The molecule has 1 fully saturated rings. The van der Waals surface area contributed by atoms with Gasteiger partial charge in [-0.25, -0.2) is 9.67 Å². The molecular weight excluding hydrogens is 390 g/mol. The molecule has 1 saturated carbocycles. The molecular formula is C21H18ClN5O2. The Morgan fingerprint density at radius 1 is 1.21 bits per heavy atom. The third kappa shape index (κ3) is 3.61. The number of oxazole rings is 1. The summed E-state index contributed by atoms with van der Waals surface area (Å²) in [6.07, 6.45) is 5.33. The summed E-state index contributed by atoms with van der Waals surface area (Å²) in [5.74, 6) is 0.424. The molecule has 0 spiro atoms. The summed E-state index contributed by atoms with van der Waals surface area (Å²) in [6.45, 7) is 1.28. The lowest BCUT2D eigenvalue weighted by Gasteiger charge is -2.08. The molecule has 0 aliphatic heterocycles. The maximum absolute atomic E-state index is 11.9. The fraction of sp³-hybridized carbons (Fsp3) is 0.238. The Kier molecular flexibility index (Phi) is 4.52. The smallest absolute Gasteiger partial charge is 0.307 e. The summed E-state index contributed by atoms with van der Waals surface area (Å²) < 4.78 is 6.93. The van der Waals surface area contributed by atoms with Gasteiger partial charge < -0.3 is 9.73 Å². The third-order valence-corrected chi connectivity index (χ3v) is 5.48. The molecule has 1 N–H and O–H groups in total. The van der Waals surface area contributed by atoms with E-state index in [1.165, 1.54) is 25.3 Å². The van der Waals surface area contributed by atoms with Crippen molar-refractivity contribution in [1.82, 2.24) is 25.3 Å². The zero-order chi connectivity index (χ0) is 19.8. The van der Waals surface area contributed by atoms with Crippen LogP contribution < -0.4 is 5.32 Å². The molecule has 4 aromatic rings. The van der Waals surface area contributed by atoms with Crippen molar-refractivity contribution in [3.63, 3.8) is 0 Å². The van der Waals surface area contributed by atoms with E-state index < -0.39 is 0 Å². The highest BCUT2D eigenvalue weighted by Crippen LogP contribution is 2.35. The number of hydrogen-bond donors (Lipinski definition) is 1. The highest BCUT2D eigenvalue weighted by Gasteiger charge is 2.23. The van der Waals surface area contributed by atoms with E-state index in [2.05, 4.69) is 20.6 Å². The van der Waals surface area contributed by atoms with E-state index in [9.17, 15) is 4.79 Å². The van der Waals surface area contributed by atoms with Crippen LogP contribution in [0.4, 0.5) is 0 Å². The molecule has 0 atom stereocenters. The largest absolute Gasteiger partial charge is 0.441 e. The highest BCUT2D eigenvalue weighted by molar-refractivity contribution is 6.37. The zero-order valence-electron chi connectivity index (χ0n) is 15.5. The van der Waals surface area contributed by atoms with Gasteiger partial charge in [-0.15, -0.1) is 5.10 Å². The number of nitrogens with zero attached hydrogens (tertiary/aromatic N) is 4.